The molecule has 3 aromatic rings. The number of sulfonamides is 1. The van der Waals surface area contributed by atoms with E-state index in [4.69, 9.17) is 4.74 Å². The minimum atomic E-state index is -3.96. The van der Waals surface area contributed by atoms with E-state index in [-0.39, 0.29) is 30.4 Å². The number of quaternary nitrogens is 1. The van der Waals surface area contributed by atoms with Gasteiger partial charge in [0.05, 0.1) is 17.5 Å². The van der Waals surface area contributed by atoms with Crippen LogP contribution < -0.4 is 11.1 Å². The van der Waals surface area contributed by atoms with Crippen molar-refractivity contribution in [1.29, 1.82) is 0 Å². The molecule has 41 heavy (non-hydrogen) atoms. The third-order valence-electron chi connectivity index (χ3n) is 6.99. The van der Waals surface area contributed by atoms with Gasteiger partial charge in [0.2, 0.25) is 15.9 Å². The average molecular weight is 601 g/mol. The summed E-state index contributed by atoms with van der Waals surface area (Å²) in [6, 6.07) is 20.7. The molecule has 1 heterocycles. The van der Waals surface area contributed by atoms with Crippen LogP contribution in [0.2, 0.25) is 0 Å². The van der Waals surface area contributed by atoms with Gasteiger partial charge < -0.3 is 15.8 Å². The molecule has 4 rings (SSSR count). The van der Waals surface area contributed by atoms with Crippen LogP contribution in [-0.2, 0) is 24.3 Å². The maximum absolute atomic E-state index is 13.6. The molecule has 3 atom stereocenters. The molecule has 8 nitrogen and oxygen atoms in total. The minimum Gasteiger partial charge on any atom is -0.461 e. The summed E-state index contributed by atoms with van der Waals surface area (Å²) in [5.41, 5.74) is 6.30. The van der Waals surface area contributed by atoms with Gasteiger partial charge in [-0.3, -0.25) is 4.79 Å². The first kappa shape index (κ1) is 30.7. The molecule has 1 aliphatic rings. The minimum absolute atomic E-state index is 0.00742. The number of halogens is 1. The Morgan fingerprint density at radius 1 is 1.02 bits per heavy atom. The molecule has 0 radical (unpaired) electrons. The van der Waals surface area contributed by atoms with Crippen molar-refractivity contribution in [2.75, 3.05) is 18.9 Å². The van der Waals surface area contributed by atoms with Gasteiger partial charge in [0, 0.05) is 24.6 Å². The van der Waals surface area contributed by atoms with Gasteiger partial charge in [-0.25, -0.2) is 17.6 Å². The molecule has 1 fully saturated rings. The number of benzene rings is 3. The van der Waals surface area contributed by atoms with Gasteiger partial charge in [0.15, 0.2) is 6.04 Å². The number of nitrogens with zero attached hydrogens (tertiary/aromatic N) is 1. The van der Waals surface area contributed by atoms with E-state index >= 15 is 0 Å². The molecule has 0 aromatic heterocycles. The van der Waals surface area contributed by atoms with Crippen molar-refractivity contribution >= 4 is 33.7 Å². The molecule has 0 aliphatic carbocycles. The normalized spacial score (nSPS) is 17.2. The van der Waals surface area contributed by atoms with E-state index < -0.39 is 45.2 Å². The Morgan fingerprint density at radius 3 is 2.29 bits per heavy atom. The zero-order valence-corrected chi connectivity index (χ0v) is 24.7. The van der Waals surface area contributed by atoms with Crippen molar-refractivity contribution in [2.45, 2.75) is 42.6 Å². The monoisotopic (exact) mass is 600 g/mol. The summed E-state index contributed by atoms with van der Waals surface area (Å²) in [7, 11) is -3.96. The van der Waals surface area contributed by atoms with Gasteiger partial charge in [0.1, 0.15) is 11.2 Å². The third-order valence-corrected chi connectivity index (χ3v) is 10.2. The fourth-order valence-electron chi connectivity index (χ4n) is 4.41. The Bertz CT molecular complexity index is 1440. The Hall–Kier alpha value is -3.25. The first-order valence-electron chi connectivity index (χ1n) is 13.4. The molecule has 11 heteroatoms. The maximum atomic E-state index is 13.6. The third kappa shape index (κ3) is 7.53. The van der Waals surface area contributed by atoms with E-state index in [1.807, 2.05) is 44.2 Å². The van der Waals surface area contributed by atoms with Gasteiger partial charge in [-0.05, 0) is 41.0 Å². The van der Waals surface area contributed by atoms with Crippen LogP contribution in [0.4, 0.5) is 4.39 Å². The Kier molecular flexibility index (Phi) is 10.2. The highest BCUT2D eigenvalue weighted by Crippen LogP contribution is 2.32. The first-order chi connectivity index (χ1) is 19.6. The highest BCUT2D eigenvalue weighted by atomic mass is 32.2. The van der Waals surface area contributed by atoms with Crippen molar-refractivity contribution in [3.63, 3.8) is 0 Å². The lowest BCUT2D eigenvalue weighted by molar-refractivity contribution is -0.418. The summed E-state index contributed by atoms with van der Waals surface area (Å²) in [6.45, 7) is 3.94. The summed E-state index contributed by atoms with van der Waals surface area (Å²) < 4.78 is 47.4. The first-order valence-corrected chi connectivity index (χ1v) is 15.9. The number of rotatable bonds is 11. The van der Waals surface area contributed by atoms with E-state index in [1.54, 1.807) is 36.4 Å². The van der Waals surface area contributed by atoms with Crippen molar-refractivity contribution in [3.8, 4) is 11.1 Å². The topological polar surface area (TPSA) is 120 Å². The zero-order valence-electron chi connectivity index (χ0n) is 23.0. The average Bonchev–Trinajstić information content (AvgIpc) is 3.48. The molecular weight excluding hydrogens is 565 g/mol. The number of ether oxygens (including phenoxy) is 1. The molecule has 0 saturated carbocycles. The van der Waals surface area contributed by atoms with Crippen LogP contribution in [0, 0.1) is 11.7 Å². The van der Waals surface area contributed by atoms with Gasteiger partial charge >= 0.3 is 5.97 Å². The van der Waals surface area contributed by atoms with Crippen LogP contribution in [0.25, 0.3) is 11.1 Å². The molecular formula is C30H35FN3O5S2+. The fraction of sp³-hybridized carbons (Fsp3) is 0.333. The smallest absolute Gasteiger partial charge is 0.365 e. The van der Waals surface area contributed by atoms with Crippen LogP contribution in [0.5, 0.6) is 0 Å². The van der Waals surface area contributed by atoms with Crippen LogP contribution in [0.1, 0.15) is 31.9 Å². The van der Waals surface area contributed by atoms with Crippen LogP contribution >= 0.6 is 11.8 Å². The molecule has 0 bridgehead atoms. The number of thioether (sulfide) groups is 1. The largest absolute Gasteiger partial charge is 0.461 e. The van der Waals surface area contributed by atoms with Crippen LogP contribution in [-0.4, -0.2) is 54.9 Å². The molecule has 4 N–H and O–H groups in total. The van der Waals surface area contributed by atoms with Crippen molar-refractivity contribution in [2.24, 2.45) is 5.92 Å². The summed E-state index contributed by atoms with van der Waals surface area (Å²) in [6.07, 6.45) is 0.221. The van der Waals surface area contributed by atoms with Crippen LogP contribution in [0.3, 0.4) is 0 Å². The second-order valence-corrected chi connectivity index (χ2v) is 13.2. The predicted molar refractivity (Wildman–Crippen MR) is 156 cm³/mol. The summed E-state index contributed by atoms with van der Waals surface area (Å²) >= 11 is 1.24. The van der Waals surface area contributed by atoms with Crippen molar-refractivity contribution in [1.82, 2.24) is 9.62 Å². The Morgan fingerprint density at radius 2 is 1.66 bits per heavy atom. The van der Waals surface area contributed by atoms with Gasteiger partial charge in [-0.2, -0.15) is 4.31 Å². The van der Waals surface area contributed by atoms with Gasteiger partial charge in [-0.15, -0.1) is 11.8 Å². The predicted octanol–water partition coefficient (Wildman–Crippen LogP) is 3.61. The molecule has 1 aliphatic heterocycles. The molecule has 218 valence electrons. The second kappa shape index (κ2) is 13.6. The summed E-state index contributed by atoms with van der Waals surface area (Å²) in [5.74, 6) is -0.889. The van der Waals surface area contributed by atoms with Gasteiger partial charge in [-0.1, -0.05) is 68.4 Å². The zero-order chi connectivity index (χ0) is 29.6. The Labute approximate surface area is 244 Å². The number of hydrogen-bond donors (Lipinski definition) is 2. The number of nitrogens with one attached hydrogen (secondary N) is 1. The number of hydrogen-bond acceptors (Lipinski definition) is 6. The van der Waals surface area contributed by atoms with E-state index in [9.17, 15) is 22.4 Å². The van der Waals surface area contributed by atoms with E-state index in [1.165, 1.54) is 28.2 Å². The van der Waals surface area contributed by atoms with E-state index in [0.29, 0.717) is 11.3 Å². The number of carbonyl (C=O) groups excluding carboxylic acids is 2. The molecule has 1 saturated heterocycles. The van der Waals surface area contributed by atoms with Crippen molar-refractivity contribution < 1.29 is 32.9 Å². The number of amides is 1. The molecule has 0 unspecified atom stereocenters. The number of esters is 1. The SMILES string of the molecule is CC(C)[C@H]([NH3+])C(=O)OCC[C@H](NC(=O)[C@@H]1SCCN1S(=O)(=O)c1ccc(-c2ccccc2)cc1)c1ccc(F)cc1. The number of carbonyl (C=O) groups is 2. The Balaban J connectivity index is 1.48. The maximum Gasteiger partial charge on any atom is 0.365 e. The van der Waals surface area contributed by atoms with E-state index in [2.05, 4.69) is 11.1 Å². The molecule has 0 spiro atoms. The van der Waals surface area contributed by atoms with Gasteiger partial charge in [0.25, 0.3) is 0 Å². The summed E-state index contributed by atoms with van der Waals surface area (Å²) in [4.78, 5) is 25.9. The van der Waals surface area contributed by atoms with E-state index in [0.717, 1.165) is 11.1 Å². The van der Waals surface area contributed by atoms with Crippen molar-refractivity contribution in [3.05, 3.63) is 90.2 Å². The summed E-state index contributed by atoms with van der Waals surface area (Å²) in [5, 5.41) is 1.93. The van der Waals surface area contributed by atoms with Crippen LogP contribution in [0.15, 0.2) is 83.8 Å². The lowest BCUT2D eigenvalue weighted by Gasteiger charge is -2.26. The highest BCUT2D eigenvalue weighted by molar-refractivity contribution is 8.02. The highest BCUT2D eigenvalue weighted by Gasteiger charge is 2.41. The quantitative estimate of drug-likeness (QED) is 0.325. The lowest BCUT2D eigenvalue weighted by Crippen LogP contribution is -2.67. The lowest BCUT2D eigenvalue weighted by atomic mass is 10.0. The standard InChI is InChI=1S/C30H34FN3O5S2/c1-20(2)27(32)30(36)39-18-16-26(23-8-12-24(31)13-9-23)33-28(35)29-34(17-19-40-29)41(37,38)25-14-10-22(11-15-25)21-6-4-3-5-7-21/h3-15,20,26-27,29H,16-19,32H2,1-2H3,(H,33,35)/p+1/t26-,27-,29-/m0/s1. The second-order valence-electron chi connectivity index (χ2n) is 10.1. The molecule has 1 amide bonds. The fourth-order valence-corrected chi connectivity index (χ4v) is 7.49. The molecule has 3 aromatic carbocycles.